The average molecular weight is 496 g/mol. The molecule has 0 fully saturated rings. The van der Waals surface area contributed by atoms with Gasteiger partial charge in [-0.15, -0.1) is 24.0 Å². The van der Waals surface area contributed by atoms with E-state index in [9.17, 15) is 0 Å². The van der Waals surface area contributed by atoms with Gasteiger partial charge in [-0.25, -0.2) is 0 Å². The number of guanidine groups is 1. The molecule has 0 unspecified atom stereocenters. The Morgan fingerprint density at radius 2 is 1.75 bits per heavy atom. The van der Waals surface area contributed by atoms with E-state index in [1.54, 1.807) is 14.2 Å². The van der Waals surface area contributed by atoms with Crippen LogP contribution in [0.4, 0.5) is 0 Å². The maximum Gasteiger partial charge on any atom is 0.191 e. The SMILES string of the molecule is CCN(C)Cc1cccc(CNC(=NC)NCCc2ccc(OC)cc2)c1.I. The molecule has 5 nitrogen and oxygen atoms in total. The van der Waals surface area contributed by atoms with Crippen molar-refractivity contribution in [3.63, 3.8) is 0 Å². The van der Waals surface area contributed by atoms with Gasteiger partial charge < -0.3 is 20.3 Å². The minimum Gasteiger partial charge on any atom is -0.497 e. The lowest BCUT2D eigenvalue weighted by atomic mass is 10.1. The normalized spacial score (nSPS) is 11.1. The Hall–Kier alpha value is -1.80. The molecule has 2 N–H and O–H groups in total. The number of benzene rings is 2. The van der Waals surface area contributed by atoms with E-state index < -0.39 is 0 Å². The molecule has 0 heterocycles. The molecule has 2 aromatic rings. The molecule has 0 bridgehead atoms. The zero-order chi connectivity index (χ0) is 19.5. The third-order valence-electron chi connectivity index (χ3n) is 4.53. The van der Waals surface area contributed by atoms with Gasteiger partial charge in [-0.2, -0.15) is 0 Å². The van der Waals surface area contributed by atoms with E-state index in [4.69, 9.17) is 4.74 Å². The van der Waals surface area contributed by atoms with E-state index in [1.165, 1.54) is 16.7 Å². The number of rotatable bonds is 9. The Balaban J connectivity index is 0.00000392. The summed E-state index contributed by atoms with van der Waals surface area (Å²) in [4.78, 5) is 6.61. The van der Waals surface area contributed by atoms with Gasteiger partial charge >= 0.3 is 0 Å². The first kappa shape index (κ1) is 24.2. The molecule has 28 heavy (non-hydrogen) atoms. The number of aliphatic imine (C=N–C) groups is 1. The summed E-state index contributed by atoms with van der Waals surface area (Å²) in [5, 5.41) is 6.76. The van der Waals surface area contributed by atoms with Crippen molar-refractivity contribution >= 4 is 29.9 Å². The third-order valence-corrected chi connectivity index (χ3v) is 4.53. The molecular formula is C22H33IN4O. The number of nitrogens with zero attached hydrogens (tertiary/aromatic N) is 2. The molecule has 6 heteroatoms. The minimum absolute atomic E-state index is 0. The Morgan fingerprint density at radius 3 is 2.39 bits per heavy atom. The van der Waals surface area contributed by atoms with Gasteiger partial charge in [-0.05, 0) is 48.8 Å². The van der Waals surface area contributed by atoms with Crippen LogP contribution in [0, 0.1) is 0 Å². The molecule has 0 atom stereocenters. The fourth-order valence-electron chi connectivity index (χ4n) is 2.79. The van der Waals surface area contributed by atoms with Crippen molar-refractivity contribution in [3.8, 4) is 5.75 Å². The number of halogens is 1. The molecule has 0 saturated carbocycles. The van der Waals surface area contributed by atoms with E-state index in [2.05, 4.69) is 70.9 Å². The molecule has 0 aliphatic carbocycles. The molecule has 0 saturated heterocycles. The Morgan fingerprint density at radius 1 is 1.04 bits per heavy atom. The van der Waals surface area contributed by atoms with E-state index in [-0.39, 0.29) is 24.0 Å². The molecule has 0 aliphatic heterocycles. The molecule has 2 rings (SSSR count). The first-order valence-corrected chi connectivity index (χ1v) is 9.48. The van der Waals surface area contributed by atoms with Crippen molar-refractivity contribution in [1.82, 2.24) is 15.5 Å². The van der Waals surface area contributed by atoms with Crippen molar-refractivity contribution in [2.45, 2.75) is 26.4 Å². The topological polar surface area (TPSA) is 48.9 Å². The van der Waals surface area contributed by atoms with Crippen LogP contribution in [-0.4, -0.2) is 45.2 Å². The van der Waals surface area contributed by atoms with E-state index in [0.717, 1.165) is 44.3 Å². The minimum atomic E-state index is 0. The van der Waals surface area contributed by atoms with Crippen LogP contribution >= 0.6 is 24.0 Å². The van der Waals surface area contributed by atoms with Gasteiger partial charge in [-0.1, -0.05) is 43.3 Å². The Bertz CT molecular complexity index is 719. The number of hydrogen-bond acceptors (Lipinski definition) is 3. The van der Waals surface area contributed by atoms with Crippen LogP contribution < -0.4 is 15.4 Å². The first-order chi connectivity index (χ1) is 13.1. The number of nitrogens with one attached hydrogen (secondary N) is 2. The predicted molar refractivity (Wildman–Crippen MR) is 129 cm³/mol. The molecule has 0 aromatic heterocycles. The van der Waals surface area contributed by atoms with Crippen molar-refractivity contribution in [2.24, 2.45) is 4.99 Å². The van der Waals surface area contributed by atoms with Crippen molar-refractivity contribution < 1.29 is 4.74 Å². The predicted octanol–water partition coefficient (Wildman–Crippen LogP) is 3.67. The van der Waals surface area contributed by atoms with Crippen molar-refractivity contribution in [1.29, 1.82) is 0 Å². The molecular weight excluding hydrogens is 463 g/mol. The monoisotopic (exact) mass is 496 g/mol. The largest absolute Gasteiger partial charge is 0.497 e. The highest BCUT2D eigenvalue weighted by molar-refractivity contribution is 14.0. The summed E-state index contributed by atoms with van der Waals surface area (Å²) in [7, 11) is 5.62. The van der Waals surface area contributed by atoms with Gasteiger partial charge in [-0.3, -0.25) is 4.99 Å². The van der Waals surface area contributed by atoms with Crippen LogP contribution in [0.1, 0.15) is 23.6 Å². The zero-order valence-electron chi connectivity index (χ0n) is 17.4. The lowest BCUT2D eigenvalue weighted by molar-refractivity contribution is 0.345. The van der Waals surface area contributed by atoms with Gasteiger partial charge in [0.2, 0.25) is 0 Å². The maximum absolute atomic E-state index is 5.19. The van der Waals surface area contributed by atoms with Gasteiger partial charge in [0.25, 0.3) is 0 Å². The summed E-state index contributed by atoms with van der Waals surface area (Å²) < 4.78 is 5.19. The number of hydrogen-bond donors (Lipinski definition) is 2. The van der Waals surface area contributed by atoms with Crippen LogP contribution in [-0.2, 0) is 19.5 Å². The second-order valence-electron chi connectivity index (χ2n) is 6.60. The van der Waals surface area contributed by atoms with Gasteiger partial charge in [0.05, 0.1) is 7.11 Å². The van der Waals surface area contributed by atoms with Crippen molar-refractivity contribution in [2.75, 3.05) is 34.3 Å². The lowest BCUT2D eigenvalue weighted by Gasteiger charge is -2.15. The van der Waals surface area contributed by atoms with E-state index in [1.807, 2.05) is 12.1 Å². The Kier molecular flexibility index (Phi) is 11.6. The van der Waals surface area contributed by atoms with Crippen LogP contribution in [0.15, 0.2) is 53.5 Å². The molecule has 0 spiro atoms. The molecule has 0 aliphatic rings. The van der Waals surface area contributed by atoms with Crippen molar-refractivity contribution in [3.05, 3.63) is 65.2 Å². The summed E-state index contributed by atoms with van der Waals surface area (Å²) in [6, 6.07) is 16.9. The van der Waals surface area contributed by atoms with Gasteiger partial charge in [0, 0.05) is 26.7 Å². The zero-order valence-corrected chi connectivity index (χ0v) is 19.7. The highest BCUT2D eigenvalue weighted by atomic mass is 127. The van der Waals surface area contributed by atoms with Crippen LogP contribution in [0.2, 0.25) is 0 Å². The smallest absolute Gasteiger partial charge is 0.191 e. The highest BCUT2D eigenvalue weighted by Crippen LogP contribution is 2.11. The fraction of sp³-hybridized carbons (Fsp3) is 0.409. The molecule has 0 radical (unpaired) electrons. The van der Waals surface area contributed by atoms with E-state index >= 15 is 0 Å². The van der Waals surface area contributed by atoms with Gasteiger partial charge in [0.15, 0.2) is 5.96 Å². The van der Waals surface area contributed by atoms with E-state index in [0.29, 0.717) is 0 Å². The summed E-state index contributed by atoms with van der Waals surface area (Å²) in [6.45, 7) is 5.78. The molecule has 154 valence electrons. The summed E-state index contributed by atoms with van der Waals surface area (Å²) in [5.41, 5.74) is 3.86. The average Bonchev–Trinajstić information content (AvgIpc) is 2.71. The summed E-state index contributed by atoms with van der Waals surface area (Å²) >= 11 is 0. The van der Waals surface area contributed by atoms with Crippen LogP contribution in [0.5, 0.6) is 5.75 Å². The highest BCUT2D eigenvalue weighted by Gasteiger charge is 2.02. The van der Waals surface area contributed by atoms with Gasteiger partial charge in [0.1, 0.15) is 5.75 Å². The fourth-order valence-corrected chi connectivity index (χ4v) is 2.79. The standard InChI is InChI=1S/C22H32N4O.HI/c1-5-26(3)17-20-8-6-7-19(15-20)16-25-22(23-2)24-14-13-18-9-11-21(27-4)12-10-18;/h6-12,15H,5,13-14,16-17H2,1-4H3,(H2,23,24,25);1H. The quantitative estimate of drug-likeness (QED) is 0.316. The number of methoxy groups -OCH3 is 1. The Labute approximate surface area is 186 Å². The summed E-state index contributed by atoms with van der Waals surface area (Å²) in [6.07, 6.45) is 0.934. The maximum atomic E-state index is 5.19. The lowest BCUT2D eigenvalue weighted by Crippen LogP contribution is -2.37. The second kappa shape index (κ2) is 13.4. The molecule has 2 aromatic carbocycles. The second-order valence-corrected chi connectivity index (χ2v) is 6.60. The third kappa shape index (κ3) is 8.48. The van der Waals surface area contributed by atoms with Crippen LogP contribution in [0.3, 0.4) is 0 Å². The summed E-state index contributed by atoms with van der Waals surface area (Å²) in [5.74, 6) is 1.70. The molecule has 0 amide bonds. The first-order valence-electron chi connectivity index (χ1n) is 9.48. The van der Waals surface area contributed by atoms with Crippen LogP contribution in [0.25, 0.3) is 0 Å². The number of ether oxygens (including phenoxy) is 1.